The Morgan fingerprint density at radius 1 is 0.727 bits per heavy atom. The Labute approximate surface area is 192 Å². The van der Waals surface area contributed by atoms with E-state index < -0.39 is 0 Å². The molecule has 0 saturated carbocycles. The molecular weight excluding hydrogens is 412 g/mol. The summed E-state index contributed by atoms with van der Waals surface area (Å²) in [6, 6.07) is 24.0. The molecule has 0 N–H and O–H groups in total. The minimum atomic E-state index is 0.598. The van der Waals surface area contributed by atoms with Crippen LogP contribution in [0.25, 0.3) is 33.4 Å². The van der Waals surface area contributed by atoms with Crippen LogP contribution in [0.4, 0.5) is 0 Å². The molecule has 0 atom stereocenters. The smallest absolute Gasteiger partial charge is 0.156 e. The summed E-state index contributed by atoms with van der Waals surface area (Å²) in [5, 5.41) is 10.3. The maximum atomic E-state index is 5.33. The highest BCUT2D eigenvalue weighted by atomic mass is 16.5. The zero-order chi connectivity index (χ0) is 22.8. The van der Waals surface area contributed by atoms with E-state index in [4.69, 9.17) is 14.5 Å². The van der Waals surface area contributed by atoms with Crippen LogP contribution in [-0.2, 0) is 13.5 Å². The van der Waals surface area contributed by atoms with Gasteiger partial charge in [-0.2, -0.15) is 0 Å². The van der Waals surface area contributed by atoms with Crippen molar-refractivity contribution in [3.63, 3.8) is 0 Å². The van der Waals surface area contributed by atoms with E-state index in [0.717, 1.165) is 34.0 Å². The molecule has 0 spiro atoms. The first-order valence-electron chi connectivity index (χ1n) is 10.7. The predicted molar refractivity (Wildman–Crippen MR) is 130 cm³/mol. The number of benzene rings is 3. The van der Waals surface area contributed by atoms with E-state index in [-0.39, 0.29) is 0 Å². The van der Waals surface area contributed by atoms with E-state index in [9.17, 15) is 0 Å². The summed E-state index contributed by atoms with van der Waals surface area (Å²) in [4.78, 5) is 4.97. The Morgan fingerprint density at radius 2 is 1.33 bits per heavy atom. The number of nitrogens with zero attached hydrogens (tertiary/aromatic N) is 4. The van der Waals surface area contributed by atoms with Gasteiger partial charge in [0.2, 0.25) is 0 Å². The molecule has 5 rings (SSSR count). The van der Waals surface area contributed by atoms with Crippen molar-refractivity contribution in [2.75, 3.05) is 14.2 Å². The molecule has 2 heterocycles. The molecule has 164 valence electrons. The van der Waals surface area contributed by atoms with Gasteiger partial charge in [-0.15, -0.1) is 10.2 Å². The lowest BCUT2D eigenvalue weighted by molar-refractivity contribution is 0.414. The molecule has 0 bridgehead atoms. The molecule has 6 nitrogen and oxygen atoms in total. The number of fused-ring (bicyclic) bond motifs is 1. The second kappa shape index (κ2) is 8.74. The fourth-order valence-corrected chi connectivity index (χ4v) is 4.06. The minimum Gasteiger partial charge on any atom is -0.497 e. The Bertz CT molecular complexity index is 1410. The first-order valence-corrected chi connectivity index (χ1v) is 10.7. The zero-order valence-corrected chi connectivity index (χ0v) is 18.8. The molecule has 0 aliphatic rings. The number of hydrogen-bond acceptors (Lipinski definition) is 5. The van der Waals surface area contributed by atoms with Crippen LogP contribution in [0.1, 0.15) is 11.4 Å². The highest BCUT2D eigenvalue weighted by molar-refractivity contribution is 5.84. The van der Waals surface area contributed by atoms with Gasteiger partial charge in [-0.3, -0.25) is 0 Å². The summed E-state index contributed by atoms with van der Waals surface area (Å²) >= 11 is 0. The molecular formula is C27H24N4O2. The molecule has 0 amide bonds. The van der Waals surface area contributed by atoms with Gasteiger partial charge in [-0.1, -0.05) is 18.2 Å². The van der Waals surface area contributed by atoms with Crippen molar-refractivity contribution in [3.05, 3.63) is 90.4 Å². The van der Waals surface area contributed by atoms with Gasteiger partial charge in [0.15, 0.2) is 5.82 Å². The predicted octanol–water partition coefficient (Wildman–Crippen LogP) is 5.31. The van der Waals surface area contributed by atoms with Gasteiger partial charge in [0.1, 0.15) is 22.9 Å². The van der Waals surface area contributed by atoms with Crippen molar-refractivity contribution in [1.29, 1.82) is 0 Å². The summed E-state index contributed by atoms with van der Waals surface area (Å²) < 4.78 is 12.8. The van der Waals surface area contributed by atoms with Crippen LogP contribution >= 0.6 is 0 Å². The Balaban J connectivity index is 1.59. The summed E-state index contributed by atoms with van der Waals surface area (Å²) in [6.45, 7) is 0. The number of aryl methyl sites for hydroxylation is 1. The molecule has 0 radical (unpaired) electrons. The van der Waals surface area contributed by atoms with Crippen LogP contribution < -0.4 is 9.47 Å². The van der Waals surface area contributed by atoms with Crippen LogP contribution in [0.3, 0.4) is 0 Å². The lowest BCUT2D eigenvalue weighted by Crippen LogP contribution is -2.04. The maximum absolute atomic E-state index is 5.33. The summed E-state index contributed by atoms with van der Waals surface area (Å²) in [5.41, 5.74) is 5.75. The van der Waals surface area contributed by atoms with E-state index >= 15 is 0 Å². The highest BCUT2D eigenvalue weighted by Gasteiger charge is 2.16. The number of ether oxygens (including phenoxy) is 2. The average Bonchev–Trinajstić information content (AvgIpc) is 3.19. The maximum Gasteiger partial charge on any atom is 0.156 e. The second-order valence-corrected chi connectivity index (χ2v) is 7.84. The quantitative estimate of drug-likeness (QED) is 0.361. The second-order valence-electron chi connectivity index (χ2n) is 7.84. The van der Waals surface area contributed by atoms with E-state index in [1.807, 2.05) is 48.5 Å². The largest absolute Gasteiger partial charge is 0.497 e. The number of hydrogen-bond donors (Lipinski definition) is 0. The number of rotatable bonds is 6. The summed E-state index contributed by atoms with van der Waals surface area (Å²) in [5.74, 6) is 2.26. The van der Waals surface area contributed by atoms with E-state index in [1.165, 1.54) is 16.5 Å². The number of aromatic nitrogens is 4. The first kappa shape index (κ1) is 20.7. The third kappa shape index (κ3) is 4.03. The lowest BCUT2D eigenvalue weighted by Gasteiger charge is -2.11. The molecule has 0 aliphatic heterocycles. The molecule has 33 heavy (non-hydrogen) atoms. The highest BCUT2D eigenvalue weighted by Crippen LogP contribution is 2.31. The van der Waals surface area contributed by atoms with Crippen molar-refractivity contribution < 1.29 is 9.47 Å². The van der Waals surface area contributed by atoms with Crippen molar-refractivity contribution >= 4 is 10.9 Å². The molecule has 0 saturated heterocycles. The fraction of sp³-hybridized carbons (Fsp3) is 0.148. The number of para-hydroxylation sites is 1. The van der Waals surface area contributed by atoms with Crippen LogP contribution in [0.15, 0.2) is 79.0 Å². The lowest BCUT2D eigenvalue weighted by atomic mass is 10.0. The van der Waals surface area contributed by atoms with Gasteiger partial charge in [0, 0.05) is 41.7 Å². The summed E-state index contributed by atoms with van der Waals surface area (Å²) in [6.07, 6.45) is 2.73. The van der Waals surface area contributed by atoms with E-state index in [2.05, 4.69) is 52.3 Å². The Kier molecular flexibility index (Phi) is 5.48. The Hall–Kier alpha value is -4.19. The van der Waals surface area contributed by atoms with Gasteiger partial charge in [0.25, 0.3) is 0 Å². The fourth-order valence-electron chi connectivity index (χ4n) is 4.06. The normalized spacial score (nSPS) is 11.0. The Morgan fingerprint density at radius 3 is 1.97 bits per heavy atom. The van der Waals surface area contributed by atoms with Gasteiger partial charge < -0.3 is 14.0 Å². The molecule has 6 heteroatoms. The molecule has 0 fully saturated rings. The van der Waals surface area contributed by atoms with Crippen LogP contribution in [0, 0.1) is 0 Å². The number of methoxy groups -OCH3 is 2. The van der Waals surface area contributed by atoms with Crippen molar-refractivity contribution in [1.82, 2.24) is 19.7 Å². The molecule has 0 unspecified atom stereocenters. The standard InChI is InChI=1S/C27H24N4O2/c1-31-17-20(23-6-4-5-7-24(23)31)16-25-28-26(18-8-12-21(32-2)13-9-18)27(30-29-25)19-10-14-22(33-3)15-11-19/h4-15,17H,16H2,1-3H3. The topological polar surface area (TPSA) is 62.1 Å². The zero-order valence-electron chi connectivity index (χ0n) is 18.8. The van der Waals surface area contributed by atoms with Crippen molar-refractivity contribution in [2.45, 2.75) is 6.42 Å². The molecule has 2 aromatic heterocycles. The molecule has 0 aliphatic carbocycles. The van der Waals surface area contributed by atoms with Gasteiger partial charge in [-0.05, 0) is 60.2 Å². The minimum absolute atomic E-state index is 0.598. The van der Waals surface area contributed by atoms with E-state index in [1.54, 1.807) is 14.2 Å². The SMILES string of the molecule is COc1ccc(-c2nnc(Cc3cn(C)c4ccccc34)nc2-c2ccc(OC)cc2)cc1. The molecule has 3 aromatic carbocycles. The third-order valence-corrected chi connectivity index (χ3v) is 5.79. The van der Waals surface area contributed by atoms with Gasteiger partial charge in [-0.25, -0.2) is 4.98 Å². The van der Waals surface area contributed by atoms with E-state index in [0.29, 0.717) is 12.2 Å². The summed E-state index contributed by atoms with van der Waals surface area (Å²) in [7, 11) is 5.37. The van der Waals surface area contributed by atoms with Crippen LogP contribution in [0.2, 0.25) is 0 Å². The average molecular weight is 437 g/mol. The third-order valence-electron chi connectivity index (χ3n) is 5.79. The first-order chi connectivity index (χ1) is 16.2. The molecule has 5 aromatic rings. The van der Waals surface area contributed by atoms with Crippen molar-refractivity contribution in [2.24, 2.45) is 7.05 Å². The van der Waals surface area contributed by atoms with Gasteiger partial charge >= 0.3 is 0 Å². The van der Waals surface area contributed by atoms with Gasteiger partial charge in [0.05, 0.1) is 14.2 Å². The van der Waals surface area contributed by atoms with Crippen LogP contribution in [0.5, 0.6) is 11.5 Å². The van der Waals surface area contributed by atoms with Crippen molar-refractivity contribution in [3.8, 4) is 34.0 Å². The monoisotopic (exact) mass is 436 g/mol. The van der Waals surface area contributed by atoms with Crippen LogP contribution in [-0.4, -0.2) is 34.0 Å².